The van der Waals surface area contributed by atoms with Gasteiger partial charge in [0, 0.05) is 5.92 Å². The summed E-state index contributed by atoms with van der Waals surface area (Å²) in [6, 6.07) is 5.79. The van der Waals surface area contributed by atoms with Crippen LogP contribution in [0.3, 0.4) is 0 Å². The van der Waals surface area contributed by atoms with E-state index in [1.165, 1.54) is 18.2 Å². The third kappa shape index (κ3) is 4.53. The van der Waals surface area contributed by atoms with Crippen molar-refractivity contribution in [2.45, 2.75) is 72.6 Å². The van der Waals surface area contributed by atoms with Gasteiger partial charge in [-0.05, 0) is 60.8 Å². The van der Waals surface area contributed by atoms with E-state index >= 15 is 0 Å². The van der Waals surface area contributed by atoms with E-state index in [1.807, 2.05) is 6.07 Å². The second-order valence-corrected chi connectivity index (χ2v) is 7.80. The molecule has 2 rings (SSSR count). The molecule has 0 fully saturated rings. The first-order valence-corrected chi connectivity index (χ1v) is 10.2. The predicted octanol–water partition coefficient (Wildman–Crippen LogP) is 7.11. The number of hydrogen-bond donors (Lipinski definition) is 0. The van der Waals surface area contributed by atoms with Crippen molar-refractivity contribution in [1.29, 1.82) is 0 Å². The molecule has 27 heavy (non-hydrogen) atoms. The summed E-state index contributed by atoms with van der Waals surface area (Å²) in [5, 5.41) is 8.75. The van der Waals surface area contributed by atoms with E-state index in [-0.39, 0.29) is 17.2 Å². The fraction of sp³-hybridized carbons (Fsp3) is 0.565. The number of rotatable bonds is 8. The zero-order valence-corrected chi connectivity index (χ0v) is 17.4. The van der Waals surface area contributed by atoms with Gasteiger partial charge in [0.05, 0.1) is 17.0 Å². The Morgan fingerprint density at radius 1 is 0.889 bits per heavy atom. The van der Waals surface area contributed by atoms with Crippen LogP contribution in [0.15, 0.2) is 24.3 Å². The molecule has 0 saturated heterocycles. The molecule has 0 aliphatic carbocycles. The Morgan fingerprint density at radius 3 is 1.96 bits per heavy atom. The molecule has 0 aliphatic heterocycles. The molecule has 1 heterocycles. The van der Waals surface area contributed by atoms with Crippen LogP contribution in [0, 0.1) is 23.5 Å². The number of nitrogens with zero attached hydrogens (tertiary/aromatic N) is 2. The molecule has 0 bridgehead atoms. The Balaban J connectivity index is 2.68. The average molecular weight is 375 g/mol. The van der Waals surface area contributed by atoms with Gasteiger partial charge in [-0.15, -0.1) is 0 Å². The smallest absolute Gasteiger partial charge is 0.135 e. The normalized spacial score (nSPS) is 14.0. The monoisotopic (exact) mass is 374 g/mol. The Morgan fingerprint density at radius 2 is 1.48 bits per heavy atom. The highest BCUT2D eigenvalue weighted by Gasteiger charge is 2.27. The van der Waals surface area contributed by atoms with Gasteiger partial charge < -0.3 is 0 Å². The minimum Gasteiger partial charge on any atom is -0.206 e. The molecule has 0 amide bonds. The summed E-state index contributed by atoms with van der Waals surface area (Å²) < 4.78 is 28.6. The summed E-state index contributed by atoms with van der Waals surface area (Å²) >= 11 is 0. The highest BCUT2D eigenvalue weighted by molar-refractivity contribution is 5.61. The molecule has 0 spiro atoms. The van der Waals surface area contributed by atoms with Gasteiger partial charge in [-0.2, -0.15) is 10.2 Å². The van der Waals surface area contributed by atoms with Crippen LogP contribution in [-0.4, -0.2) is 10.2 Å². The van der Waals surface area contributed by atoms with Crippen molar-refractivity contribution in [2.75, 3.05) is 0 Å². The molecule has 4 heteroatoms. The molecule has 1 aromatic carbocycles. The average Bonchev–Trinajstić information content (AvgIpc) is 2.64. The van der Waals surface area contributed by atoms with Crippen LogP contribution < -0.4 is 0 Å². The van der Waals surface area contributed by atoms with Crippen molar-refractivity contribution in [2.24, 2.45) is 11.8 Å². The van der Waals surface area contributed by atoms with Gasteiger partial charge in [-0.1, -0.05) is 47.6 Å². The molecule has 2 aromatic rings. The minimum atomic E-state index is -0.601. The van der Waals surface area contributed by atoms with Gasteiger partial charge in [-0.3, -0.25) is 0 Å². The van der Waals surface area contributed by atoms with E-state index < -0.39 is 11.6 Å². The summed E-state index contributed by atoms with van der Waals surface area (Å²) in [5.74, 6) is 0.327. The first-order valence-electron chi connectivity index (χ1n) is 10.2. The fourth-order valence-electron chi connectivity index (χ4n) is 3.91. The maximum Gasteiger partial charge on any atom is 0.135 e. The first-order chi connectivity index (χ1) is 12.8. The maximum absolute atomic E-state index is 14.3. The Labute approximate surface area is 162 Å². The van der Waals surface area contributed by atoms with E-state index in [2.05, 4.69) is 51.7 Å². The van der Waals surface area contributed by atoms with E-state index in [9.17, 15) is 8.78 Å². The lowest BCUT2D eigenvalue weighted by Gasteiger charge is -2.29. The molecule has 2 nitrogen and oxygen atoms in total. The summed E-state index contributed by atoms with van der Waals surface area (Å²) in [6.45, 7) is 13.2. The second-order valence-electron chi connectivity index (χ2n) is 7.80. The van der Waals surface area contributed by atoms with Gasteiger partial charge >= 0.3 is 0 Å². The summed E-state index contributed by atoms with van der Waals surface area (Å²) in [7, 11) is 0. The highest BCUT2D eigenvalue weighted by atomic mass is 19.1. The number of benzene rings is 1. The van der Waals surface area contributed by atoms with E-state index in [1.54, 1.807) is 0 Å². The lowest BCUT2D eigenvalue weighted by Crippen LogP contribution is -2.19. The zero-order chi connectivity index (χ0) is 20.1. The van der Waals surface area contributed by atoms with Gasteiger partial charge in [0.25, 0.3) is 0 Å². The molecule has 2 unspecified atom stereocenters. The highest BCUT2D eigenvalue weighted by Crippen LogP contribution is 2.39. The molecule has 0 N–H and O–H groups in total. The number of aromatic nitrogens is 2. The van der Waals surface area contributed by atoms with Gasteiger partial charge in [0.15, 0.2) is 0 Å². The van der Waals surface area contributed by atoms with E-state index in [0.717, 1.165) is 30.5 Å². The Kier molecular flexibility index (Phi) is 7.46. The summed E-state index contributed by atoms with van der Waals surface area (Å²) in [6.07, 6.45) is 2.90. The summed E-state index contributed by atoms with van der Waals surface area (Å²) in [4.78, 5) is 0. The molecule has 148 valence electrons. The maximum atomic E-state index is 14.3. The molecule has 0 aliphatic rings. The molecule has 0 radical (unpaired) electrons. The van der Waals surface area contributed by atoms with Gasteiger partial charge in [0.1, 0.15) is 11.6 Å². The fourth-order valence-corrected chi connectivity index (χ4v) is 3.91. The zero-order valence-electron chi connectivity index (χ0n) is 17.4. The van der Waals surface area contributed by atoms with Crippen LogP contribution in [0.25, 0.3) is 11.3 Å². The second kappa shape index (κ2) is 9.38. The Hall–Kier alpha value is -1.84. The lowest BCUT2D eigenvalue weighted by atomic mass is 9.76. The third-order valence-corrected chi connectivity index (χ3v) is 5.97. The number of halogens is 2. The SMILES string of the molecule is CCC(CC)c1nnc(-c2c(F)cccc2F)cc1C(CC)C(C)C(C)C. The topological polar surface area (TPSA) is 25.8 Å². The van der Waals surface area contributed by atoms with Crippen LogP contribution in [0.5, 0.6) is 0 Å². The molecule has 1 aromatic heterocycles. The van der Waals surface area contributed by atoms with Crippen molar-refractivity contribution in [3.8, 4) is 11.3 Å². The summed E-state index contributed by atoms with van der Waals surface area (Å²) in [5.41, 5.74) is 2.28. The van der Waals surface area contributed by atoms with Crippen LogP contribution in [0.4, 0.5) is 8.78 Å². The quantitative estimate of drug-likeness (QED) is 0.492. The van der Waals surface area contributed by atoms with Crippen molar-refractivity contribution >= 4 is 0 Å². The standard InChI is InChI=1S/C23H32F2N2/c1-7-16(8-2)23-18(17(9-3)15(6)14(4)5)13-21(26-27-23)22-19(24)11-10-12-20(22)25/h10-17H,7-9H2,1-6H3. The third-order valence-electron chi connectivity index (χ3n) is 5.97. The molecular weight excluding hydrogens is 342 g/mol. The van der Waals surface area contributed by atoms with Crippen molar-refractivity contribution in [3.63, 3.8) is 0 Å². The van der Waals surface area contributed by atoms with Gasteiger partial charge in [0.2, 0.25) is 0 Å². The van der Waals surface area contributed by atoms with Crippen LogP contribution in [0.1, 0.15) is 83.9 Å². The van der Waals surface area contributed by atoms with Crippen LogP contribution in [0.2, 0.25) is 0 Å². The molecule has 0 saturated carbocycles. The van der Waals surface area contributed by atoms with Crippen molar-refractivity contribution in [3.05, 3.63) is 47.2 Å². The molecular formula is C23H32F2N2. The van der Waals surface area contributed by atoms with Crippen molar-refractivity contribution in [1.82, 2.24) is 10.2 Å². The number of hydrogen-bond acceptors (Lipinski definition) is 2. The lowest BCUT2D eigenvalue weighted by molar-refractivity contribution is 0.335. The van der Waals surface area contributed by atoms with Crippen LogP contribution >= 0.6 is 0 Å². The molecule has 2 atom stereocenters. The van der Waals surface area contributed by atoms with Crippen molar-refractivity contribution < 1.29 is 8.78 Å². The first kappa shape index (κ1) is 21.5. The van der Waals surface area contributed by atoms with E-state index in [4.69, 9.17) is 0 Å². The Bertz CT molecular complexity index is 734. The largest absolute Gasteiger partial charge is 0.206 e. The van der Waals surface area contributed by atoms with Crippen LogP contribution in [-0.2, 0) is 0 Å². The predicted molar refractivity (Wildman–Crippen MR) is 108 cm³/mol. The minimum absolute atomic E-state index is 0.0885. The van der Waals surface area contributed by atoms with Gasteiger partial charge in [-0.25, -0.2) is 8.78 Å². The van der Waals surface area contributed by atoms with E-state index in [0.29, 0.717) is 17.8 Å².